The Labute approximate surface area is 155 Å². The van der Waals surface area contributed by atoms with Gasteiger partial charge in [0.05, 0.1) is 0 Å². The second-order valence-electron chi connectivity index (χ2n) is 9.69. The fourth-order valence-electron chi connectivity index (χ4n) is 6.37. The molecule has 0 radical (unpaired) electrons. The molecule has 0 N–H and O–H groups in total. The molecule has 0 aliphatic heterocycles. The van der Waals surface area contributed by atoms with Crippen LogP contribution in [-0.2, 0) is 5.41 Å². The van der Waals surface area contributed by atoms with E-state index < -0.39 is 0 Å². The second-order valence-corrected chi connectivity index (χ2v) is 9.69. The maximum atomic E-state index is 2.53. The topological polar surface area (TPSA) is 0 Å². The standard InChI is InChI=1S/C25H38/c1-2-3-7-14-24-15-18-25(19-16-24,20-17-24)23-12-10-22(11-13-23)21-8-5-4-6-9-21/h10-13,21H,2-9,14-20H2,1H3. The molecular weight excluding hydrogens is 300 g/mol. The highest BCUT2D eigenvalue weighted by Gasteiger charge is 2.48. The normalized spacial score (nSPS) is 32.8. The lowest BCUT2D eigenvalue weighted by atomic mass is 9.51. The zero-order valence-corrected chi connectivity index (χ0v) is 16.5. The van der Waals surface area contributed by atoms with E-state index in [9.17, 15) is 0 Å². The number of fused-ring (bicyclic) bond motifs is 3. The lowest BCUT2D eigenvalue weighted by Crippen LogP contribution is -2.44. The predicted molar refractivity (Wildman–Crippen MR) is 108 cm³/mol. The van der Waals surface area contributed by atoms with Gasteiger partial charge in [-0.15, -0.1) is 0 Å². The molecular formula is C25H38. The molecule has 4 aliphatic rings. The number of hydrogen-bond acceptors (Lipinski definition) is 0. The minimum absolute atomic E-state index is 0.539. The molecule has 0 nitrogen and oxygen atoms in total. The van der Waals surface area contributed by atoms with Crippen LogP contribution >= 0.6 is 0 Å². The highest BCUT2D eigenvalue weighted by Crippen LogP contribution is 2.59. The molecule has 0 heterocycles. The van der Waals surface area contributed by atoms with E-state index in [-0.39, 0.29) is 0 Å². The van der Waals surface area contributed by atoms with Gasteiger partial charge in [-0.3, -0.25) is 0 Å². The molecule has 4 saturated carbocycles. The highest BCUT2D eigenvalue weighted by molar-refractivity contribution is 5.33. The smallest absolute Gasteiger partial charge is 0.00463 e. The first-order valence-corrected chi connectivity index (χ1v) is 11.4. The number of unbranched alkanes of at least 4 members (excludes halogenated alkanes) is 2. The van der Waals surface area contributed by atoms with Crippen LogP contribution in [0.2, 0.25) is 0 Å². The molecule has 1 aromatic rings. The van der Waals surface area contributed by atoms with Gasteiger partial charge >= 0.3 is 0 Å². The van der Waals surface area contributed by atoms with E-state index in [4.69, 9.17) is 0 Å². The lowest BCUT2D eigenvalue weighted by Gasteiger charge is -2.54. The van der Waals surface area contributed by atoms with Crippen LogP contribution in [0.1, 0.15) is 120 Å². The Kier molecular flexibility index (Phi) is 5.25. The van der Waals surface area contributed by atoms with Crippen molar-refractivity contribution in [3.8, 4) is 0 Å². The van der Waals surface area contributed by atoms with Gasteiger partial charge in [0, 0.05) is 0 Å². The van der Waals surface area contributed by atoms with Crippen molar-refractivity contribution >= 4 is 0 Å². The van der Waals surface area contributed by atoms with Crippen molar-refractivity contribution in [3.05, 3.63) is 35.4 Å². The number of benzene rings is 1. The Balaban J connectivity index is 1.41. The molecule has 4 aliphatic carbocycles. The zero-order valence-electron chi connectivity index (χ0n) is 16.5. The molecule has 4 fully saturated rings. The van der Waals surface area contributed by atoms with Crippen LogP contribution in [0.25, 0.3) is 0 Å². The molecule has 25 heavy (non-hydrogen) atoms. The summed E-state index contributed by atoms with van der Waals surface area (Å²) in [5.41, 5.74) is 4.57. The number of rotatable bonds is 6. The third-order valence-corrected chi connectivity index (χ3v) is 8.31. The van der Waals surface area contributed by atoms with Crippen molar-refractivity contribution in [1.82, 2.24) is 0 Å². The first-order valence-electron chi connectivity index (χ1n) is 11.4. The van der Waals surface area contributed by atoms with Crippen LogP contribution in [0.4, 0.5) is 0 Å². The first kappa shape index (κ1) is 17.6. The van der Waals surface area contributed by atoms with Gasteiger partial charge in [0.1, 0.15) is 0 Å². The van der Waals surface area contributed by atoms with Gasteiger partial charge in [-0.05, 0) is 85.7 Å². The Morgan fingerprint density at radius 1 is 0.800 bits per heavy atom. The predicted octanol–water partition coefficient (Wildman–Crippen LogP) is 7.91. The Hall–Kier alpha value is -0.780. The summed E-state index contributed by atoms with van der Waals surface area (Å²) >= 11 is 0. The molecule has 2 bridgehead atoms. The SMILES string of the molecule is CCCCCC12CCC(c3ccc(C4CCCCC4)cc3)(CC1)CC2. The third-order valence-electron chi connectivity index (χ3n) is 8.31. The monoisotopic (exact) mass is 338 g/mol. The van der Waals surface area contributed by atoms with Crippen LogP contribution in [-0.4, -0.2) is 0 Å². The van der Waals surface area contributed by atoms with Crippen LogP contribution in [0.15, 0.2) is 24.3 Å². The van der Waals surface area contributed by atoms with Crippen molar-refractivity contribution < 1.29 is 0 Å². The van der Waals surface area contributed by atoms with Crippen molar-refractivity contribution in [2.24, 2.45) is 5.41 Å². The molecule has 0 heteroatoms. The van der Waals surface area contributed by atoms with Crippen molar-refractivity contribution in [1.29, 1.82) is 0 Å². The minimum Gasteiger partial charge on any atom is -0.0654 e. The van der Waals surface area contributed by atoms with E-state index in [2.05, 4.69) is 31.2 Å². The molecule has 0 aromatic heterocycles. The molecule has 0 amide bonds. The van der Waals surface area contributed by atoms with E-state index in [0.717, 1.165) is 11.3 Å². The van der Waals surface area contributed by atoms with Crippen LogP contribution in [0, 0.1) is 5.41 Å². The van der Waals surface area contributed by atoms with E-state index >= 15 is 0 Å². The summed E-state index contributed by atoms with van der Waals surface area (Å²) in [6, 6.07) is 10.0. The fraction of sp³-hybridized carbons (Fsp3) is 0.760. The molecule has 0 unspecified atom stereocenters. The minimum atomic E-state index is 0.539. The van der Waals surface area contributed by atoms with Crippen LogP contribution in [0.3, 0.4) is 0 Å². The first-order chi connectivity index (χ1) is 12.3. The number of hydrogen-bond donors (Lipinski definition) is 0. The van der Waals surface area contributed by atoms with Crippen LogP contribution in [0.5, 0.6) is 0 Å². The van der Waals surface area contributed by atoms with Crippen LogP contribution < -0.4 is 0 Å². The molecule has 0 spiro atoms. The fourth-order valence-corrected chi connectivity index (χ4v) is 6.37. The van der Waals surface area contributed by atoms with Gasteiger partial charge in [0.2, 0.25) is 0 Å². The Morgan fingerprint density at radius 2 is 1.44 bits per heavy atom. The summed E-state index contributed by atoms with van der Waals surface area (Å²) < 4.78 is 0. The zero-order chi connectivity index (χ0) is 17.2. The lowest BCUT2D eigenvalue weighted by molar-refractivity contribution is 0.0305. The Morgan fingerprint density at radius 3 is 2.04 bits per heavy atom. The summed E-state index contributed by atoms with van der Waals surface area (Å²) in [6.45, 7) is 2.33. The van der Waals surface area contributed by atoms with Crippen molar-refractivity contribution in [2.45, 2.75) is 115 Å². The average Bonchev–Trinajstić information content (AvgIpc) is 2.70. The van der Waals surface area contributed by atoms with Gasteiger partial charge in [-0.1, -0.05) is 69.7 Å². The van der Waals surface area contributed by atoms with Gasteiger partial charge in [0.15, 0.2) is 0 Å². The van der Waals surface area contributed by atoms with Gasteiger partial charge in [0.25, 0.3) is 0 Å². The second kappa shape index (κ2) is 7.45. The molecule has 138 valence electrons. The van der Waals surface area contributed by atoms with Gasteiger partial charge in [-0.2, -0.15) is 0 Å². The molecule has 5 rings (SSSR count). The van der Waals surface area contributed by atoms with Gasteiger partial charge in [-0.25, -0.2) is 0 Å². The molecule has 0 atom stereocenters. The Bertz CT molecular complexity index is 521. The maximum Gasteiger partial charge on any atom is -0.00463 e. The molecule has 0 saturated heterocycles. The van der Waals surface area contributed by atoms with E-state index in [1.54, 1.807) is 11.1 Å². The van der Waals surface area contributed by atoms with E-state index in [1.807, 2.05) is 0 Å². The summed E-state index contributed by atoms with van der Waals surface area (Å²) in [5, 5.41) is 0. The van der Waals surface area contributed by atoms with Crippen molar-refractivity contribution in [2.75, 3.05) is 0 Å². The maximum absolute atomic E-state index is 2.53. The van der Waals surface area contributed by atoms with Crippen molar-refractivity contribution in [3.63, 3.8) is 0 Å². The third kappa shape index (κ3) is 3.56. The largest absolute Gasteiger partial charge is 0.0654 e. The quantitative estimate of drug-likeness (QED) is 0.462. The summed E-state index contributed by atoms with van der Waals surface area (Å²) in [6.07, 6.45) is 21.9. The van der Waals surface area contributed by atoms with E-state index in [0.29, 0.717) is 5.41 Å². The van der Waals surface area contributed by atoms with Gasteiger partial charge < -0.3 is 0 Å². The molecule has 1 aromatic carbocycles. The summed E-state index contributed by atoms with van der Waals surface area (Å²) in [5.74, 6) is 0.851. The average molecular weight is 339 g/mol. The van der Waals surface area contributed by atoms with E-state index in [1.165, 1.54) is 96.3 Å². The summed E-state index contributed by atoms with van der Waals surface area (Å²) in [7, 11) is 0. The highest BCUT2D eigenvalue weighted by atomic mass is 14.5. The summed E-state index contributed by atoms with van der Waals surface area (Å²) in [4.78, 5) is 0.